The van der Waals surface area contributed by atoms with Gasteiger partial charge in [-0.25, -0.2) is 0 Å². The Labute approximate surface area is 144 Å². The fraction of sp³-hybridized carbons (Fsp3) is 0.579. The topological polar surface area (TPSA) is 58.6 Å². The van der Waals surface area contributed by atoms with Gasteiger partial charge in [0.25, 0.3) is 0 Å². The number of methoxy groups -OCH3 is 1. The van der Waals surface area contributed by atoms with Gasteiger partial charge in [0.1, 0.15) is 5.75 Å². The highest BCUT2D eigenvalue weighted by Gasteiger charge is 2.23. The zero-order chi connectivity index (χ0) is 17.4. The normalized spacial score (nSPS) is 14.9. The molecule has 0 aromatic heterocycles. The van der Waals surface area contributed by atoms with E-state index in [1.807, 2.05) is 29.2 Å². The maximum atomic E-state index is 12.1. The van der Waals surface area contributed by atoms with E-state index >= 15 is 0 Å². The van der Waals surface area contributed by atoms with Crippen LogP contribution in [0.5, 0.6) is 5.75 Å². The first-order valence-electron chi connectivity index (χ1n) is 8.77. The van der Waals surface area contributed by atoms with Gasteiger partial charge in [0, 0.05) is 38.0 Å². The zero-order valence-electron chi connectivity index (χ0n) is 14.7. The van der Waals surface area contributed by atoms with Crippen LogP contribution in [0.2, 0.25) is 0 Å². The minimum atomic E-state index is -0.0389. The van der Waals surface area contributed by atoms with Crippen molar-refractivity contribution in [1.29, 1.82) is 0 Å². The lowest BCUT2D eigenvalue weighted by Crippen LogP contribution is -2.42. The van der Waals surface area contributed by atoms with Gasteiger partial charge in [0.2, 0.25) is 11.8 Å². The average molecular weight is 332 g/mol. The summed E-state index contributed by atoms with van der Waals surface area (Å²) in [6.45, 7) is 2.53. The molecule has 1 aromatic rings. The van der Waals surface area contributed by atoms with Crippen LogP contribution in [0, 0.1) is 0 Å². The van der Waals surface area contributed by atoms with Crippen LogP contribution in [0.4, 0.5) is 0 Å². The Balaban J connectivity index is 1.81. The summed E-state index contributed by atoms with van der Waals surface area (Å²) in [5.74, 6) is 0.799. The molecule has 0 aliphatic heterocycles. The molecule has 5 nitrogen and oxygen atoms in total. The second-order valence-corrected chi connectivity index (χ2v) is 6.34. The monoisotopic (exact) mass is 332 g/mol. The maximum absolute atomic E-state index is 12.1. The quantitative estimate of drug-likeness (QED) is 0.835. The summed E-state index contributed by atoms with van der Waals surface area (Å²) in [6, 6.07) is 7.94. The molecule has 2 rings (SSSR count). The van der Waals surface area contributed by atoms with E-state index in [0.29, 0.717) is 25.6 Å². The second-order valence-electron chi connectivity index (χ2n) is 6.34. The Bertz CT molecular complexity index is 553. The highest BCUT2D eigenvalue weighted by molar-refractivity contribution is 5.78. The molecule has 0 saturated heterocycles. The molecule has 0 atom stereocenters. The van der Waals surface area contributed by atoms with Crippen molar-refractivity contribution in [2.45, 2.75) is 58.0 Å². The molecule has 1 saturated carbocycles. The van der Waals surface area contributed by atoms with Gasteiger partial charge >= 0.3 is 0 Å². The SMILES string of the molecule is COc1ccccc1CNC(=O)CCN(C(C)=O)C1CCCCC1. The van der Waals surface area contributed by atoms with E-state index < -0.39 is 0 Å². The molecule has 1 aliphatic carbocycles. The van der Waals surface area contributed by atoms with Crippen molar-refractivity contribution in [3.63, 3.8) is 0 Å². The zero-order valence-corrected chi connectivity index (χ0v) is 14.7. The number of carbonyl (C=O) groups excluding carboxylic acids is 2. The van der Waals surface area contributed by atoms with Gasteiger partial charge in [-0.05, 0) is 18.9 Å². The highest BCUT2D eigenvalue weighted by atomic mass is 16.5. The Morgan fingerprint density at radius 1 is 1.21 bits per heavy atom. The van der Waals surface area contributed by atoms with Gasteiger partial charge in [0.15, 0.2) is 0 Å². The summed E-state index contributed by atoms with van der Waals surface area (Å²) in [5.41, 5.74) is 0.948. The lowest BCUT2D eigenvalue weighted by Gasteiger charge is -2.33. The summed E-state index contributed by atoms with van der Waals surface area (Å²) in [7, 11) is 1.62. The van der Waals surface area contributed by atoms with Crippen molar-refractivity contribution < 1.29 is 14.3 Å². The van der Waals surface area contributed by atoms with E-state index in [0.717, 1.165) is 24.2 Å². The van der Waals surface area contributed by atoms with E-state index in [1.165, 1.54) is 19.3 Å². The van der Waals surface area contributed by atoms with E-state index in [9.17, 15) is 9.59 Å². The summed E-state index contributed by atoms with van der Waals surface area (Å²) < 4.78 is 5.28. The predicted molar refractivity (Wildman–Crippen MR) is 93.7 cm³/mol. The van der Waals surface area contributed by atoms with Crippen LogP contribution < -0.4 is 10.1 Å². The van der Waals surface area contributed by atoms with Gasteiger partial charge in [-0.1, -0.05) is 37.5 Å². The van der Waals surface area contributed by atoms with E-state index in [1.54, 1.807) is 14.0 Å². The second kappa shape index (κ2) is 9.30. The third kappa shape index (κ3) is 5.25. The number of hydrogen-bond acceptors (Lipinski definition) is 3. The molecule has 0 bridgehead atoms. The largest absolute Gasteiger partial charge is 0.496 e. The van der Waals surface area contributed by atoms with Crippen LogP contribution in [0.25, 0.3) is 0 Å². The van der Waals surface area contributed by atoms with Crippen molar-refractivity contribution in [3.8, 4) is 5.75 Å². The number of nitrogens with zero attached hydrogens (tertiary/aromatic N) is 1. The van der Waals surface area contributed by atoms with Crippen LogP contribution in [0.1, 0.15) is 51.0 Å². The minimum absolute atomic E-state index is 0.0389. The number of rotatable bonds is 7. The number of ether oxygens (including phenoxy) is 1. The Morgan fingerprint density at radius 2 is 1.92 bits per heavy atom. The van der Waals surface area contributed by atoms with Crippen molar-refractivity contribution >= 4 is 11.8 Å². The summed E-state index contributed by atoms with van der Waals surface area (Å²) >= 11 is 0. The van der Waals surface area contributed by atoms with E-state index in [-0.39, 0.29) is 11.8 Å². The molecule has 5 heteroatoms. The molecule has 2 amide bonds. The maximum Gasteiger partial charge on any atom is 0.222 e. The Kier molecular flexibility index (Phi) is 7.09. The molecule has 132 valence electrons. The molecule has 0 unspecified atom stereocenters. The number of amides is 2. The molecule has 24 heavy (non-hydrogen) atoms. The molecule has 0 heterocycles. The van der Waals surface area contributed by atoms with Crippen LogP contribution in [-0.4, -0.2) is 36.4 Å². The Hall–Kier alpha value is -2.04. The standard InChI is InChI=1S/C19H28N2O3/c1-15(22)21(17-9-4-3-5-10-17)13-12-19(23)20-14-16-8-6-7-11-18(16)24-2/h6-8,11,17H,3-5,9-10,12-14H2,1-2H3,(H,20,23). The smallest absolute Gasteiger partial charge is 0.222 e. The first-order valence-corrected chi connectivity index (χ1v) is 8.77. The van der Waals surface area contributed by atoms with Crippen molar-refractivity contribution in [2.24, 2.45) is 0 Å². The van der Waals surface area contributed by atoms with Crippen molar-refractivity contribution in [1.82, 2.24) is 10.2 Å². The Morgan fingerprint density at radius 3 is 2.58 bits per heavy atom. The molecule has 0 spiro atoms. The number of hydrogen-bond donors (Lipinski definition) is 1. The third-order valence-corrected chi connectivity index (χ3v) is 4.67. The van der Waals surface area contributed by atoms with Gasteiger partial charge in [-0.15, -0.1) is 0 Å². The predicted octanol–water partition coefficient (Wildman–Crippen LogP) is 2.88. The van der Waals surface area contributed by atoms with Crippen LogP contribution >= 0.6 is 0 Å². The molecule has 0 radical (unpaired) electrons. The van der Waals surface area contributed by atoms with Crippen LogP contribution in [-0.2, 0) is 16.1 Å². The van der Waals surface area contributed by atoms with Crippen molar-refractivity contribution in [2.75, 3.05) is 13.7 Å². The molecule has 1 N–H and O–H groups in total. The van der Waals surface area contributed by atoms with E-state index in [4.69, 9.17) is 4.74 Å². The lowest BCUT2D eigenvalue weighted by atomic mass is 9.94. The summed E-state index contributed by atoms with van der Waals surface area (Å²) in [5, 5.41) is 2.91. The van der Waals surface area contributed by atoms with Crippen molar-refractivity contribution in [3.05, 3.63) is 29.8 Å². The summed E-state index contributed by atoms with van der Waals surface area (Å²) in [6.07, 6.45) is 6.06. The van der Waals surface area contributed by atoms with Gasteiger partial charge in [-0.2, -0.15) is 0 Å². The summed E-state index contributed by atoms with van der Waals surface area (Å²) in [4.78, 5) is 25.9. The third-order valence-electron chi connectivity index (χ3n) is 4.67. The fourth-order valence-electron chi connectivity index (χ4n) is 3.34. The van der Waals surface area contributed by atoms with Gasteiger partial charge in [0.05, 0.1) is 7.11 Å². The van der Waals surface area contributed by atoms with Crippen LogP contribution in [0.15, 0.2) is 24.3 Å². The lowest BCUT2D eigenvalue weighted by molar-refractivity contribution is -0.132. The van der Waals surface area contributed by atoms with Gasteiger partial charge in [-0.3, -0.25) is 9.59 Å². The molecular weight excluding hydrogens is 304 g/mol. The minimum Gasteiger partial charge on any atom is -0.496 e. The number of para-hydroxylation sites is 1. The van der Waals surface area contributed by atoms with Crippen LogP contribution in [0.3, 0.4) is 0 Å². The fourth-order valence-corrected chi connectivity index (χ4v) is 3.34. The molecule has 1 fully saturated rings. The first-order chi connectivity index (χ1) is 11.6. The van der Waals surface area contributed by atoms with Gasteiger partial charge < -0.3 is 15.0 Å². The number of carbonyl (C=O) groups is 2. The molecule has 1 aromatic carbocycles. The number of nitrogens with one attached hydrogen (secondary N) is 1. The first kappa shape index (κ1) is 18.3. The molecular formula is C19H28N2O3. The average Bonchev–Trinajstić information content (AvgIpc) is 2.61. The van der Waals surface area contributed by atoms with E-state index in [2.05, 4.69) is 5.32 Å². The number of benzene rings is 1. The molecule has 1 aliphatic rings. The highest BCUT2D eigenvalue weighted by Crippen LogP contribution is 2.23.